The lowest BCUT2D eigenvalue weighted by Gasteiger charge is -2.58. The molecule has 0 unspecified atom stereocenters. The van der Waals surface area contributed by atoms with Crippen LogP contribution in [-0.4, -0.2) is 64.9 Å². The fourth-order valence-corrected chi connectivity index (χ4v) is 8.77. The topological polar surface area (TPSA) is 99.1 Å². The third-order valence-corrected chi connectivity index (χ3v) is 9.79. The van der Waals surface area contributed by atoms with Gasteiger partial charge in [0.1, 0.15) is 18.0 Å². The van der Waals surface area contributed by atoms with Crippen molar-refractivity contribution in [2.24, 2.45) is 23.2 Å². The zero-order valence-electron chi connectivity index (χ0n) is 22.1. The van der Waals surface area contributed by atoms with Crippen LogP contribution in [0.15, 0.2) is 48.6 Å². The fraction of sp³-hybridized carbons (Fsp3) is 0.613. The number of aliphatic hydroxyl groups excluding tert-OH is 2. The van der Waals surface area contributed by atoms with Crippen molar-refractivity contribution in [2.75, 3.05) is 19.7 Å². The van der Waals surface area contributed by atoms with Crippen molar-refractivity contribution in [3.8, 4) is 5.75 Å². The number of carbonyl (C=O) groups excluding carboxylic acids is 2. The maximum atomic E-state index is 13.8. The van der Waals surface area contributed by atoms with Gasteiger partial charge in [0.2, 0.25) is 11.8 Å². The van der Waals surface area contributed by atoms with E-state index in [9.17, 15) is 19.8 Å². The monoisotopic (exact) mass is 520 g/mol. The molecule has 4 saturated carbocycles. The van der Waals surface area contributed by atoms with Crippen LogP contribution in [0.1, 0.15) is 62.8 Å². The van der Waals surface area contributed by atoms with Crippen LogP contribution in [0.3, 0.4) is 0 Å². The normalized spacial score (nSPS) is 36.1. The van der Waals surface area contributed by atoms with Gasteiger partial charge in [0.15, 0.2) is 0 Å². The molecule has 0 spiro atoms. The third kappa shape index (κ3) is 4.47. The summed E-state index contributed by atoms with van der Waals surface area (Å²) in [7, 11) is 0. The highest BCUT2D eigenvalue weighted by Crippen LogP contribution is 2.60. The van der Waals surface area contributed by atoms with Crippen molar-refractivity contribution in [1.29, 1.82) is 0 Å². The van der Waals surface area contributed by atoms with Gasteiger partial charge in [-0.15, -0.1) is 6.58 Å². The molecule has 2 amide bonds. The molecule has 7 nitrogen and oxygen atoms in total. The maximum absolute atomic E-state index is 13.8. The quantitative estimate of drug-likeness (QED) is 0.434. The van der Waals surface area contributed by atoms with Gasteiger partial charge in [-0.1, -0.05) is 24.3 Å². The van der Waals surface area contributed by atoms with Gasteiger partial charge in [-0.05, 0) is 80.3 Å². The first-order chi connectivity index (χ1) is 18.4. The van der Waals surface area contributed by atoms with Gasteiger partial charge < -0.3 is 25.2 Å². The molecule has 0 aromatic heterocycles. The Morgan fingerprint density at radius 2 is 1.82 bits per heavy atom. The lowest BCUT2D eigenvalue weighted by Crippen LogP contribution is -2.59. The van der Waals surface area contributed by atoms with Gasteiger partial charge in [0, 0.05) is 30.6 Å². The summed E-state index contributed by atoms with van der Waals surface area (Å²) in [6.07, 6.45) is 10.2. The maximum Gasteiger partial charge on any atom is 0.247 e. The molecule has 1 heterocycles. The Bertz CT molecular complexity index is 1090. The molecule has 204 valence electrons. The number of aliphatic hydroxyl groups is 2. The van der Waals surface area contributed by atoms with E-state index in [0.717, 1.165) is 42.6 Å². The second kappa shape index (κ2) is 10.2. The Morgan fingerprint density at radius 1 is 1.13 bits per heavy atom. The summed E-state index contributed by atoms with van der Waals surface area (Å²) < 4.78 is 6.27. The molecule has 38 heavy (non-hydrogen) atoms. The van der Waals surface area contributed by atoms with Crippen LogP contribution in [0.25, 0.3) is 0 Å². The first-order valence-electron chi connectivity index (χ1n) is 14.4. The summed E-state index contributed by atoms with van der Waals surface area (Å²) in [6, 6.07) is 6.92. The number of rotatable bonds is 9. The smallest absolute Gasteiger partial charge is 0.247 e. The number of hydrogen-bond donors (Lipinski definition) is 3. The number of allylic oxidation sites excluding steroid dienone is 1. The van der Waals surface area contributed by atoms with Crippen LogP contribution < -0.4 is 10.1 Å². The molecule has 4 atom stereocenters. The van der Waals surface area contributed by atoms with Crippen LogP contribution in [-0.2, 0) is 9.59 Å². The summed E-state index contributed by atoms with van der Waals surface area (Å²) in [4.78, 5) is 29.1. The lowest BCUT2D eigenvalue weighted by molar-refractivity contribution is -0.145. The van der Waals surface area contributed by atoms with Gasteiger partial charge in [-0.25, -0.2) is 0 Å². The summed E-state index contributed by atoms with van der Waals surface area (Å²) in [5.41, 5.74) is 1.45. The molecule has 0 saturated heterocycles. The first kappa shape index (κ1) is 25.6. The number of nitrogens with one attached hydrogen (secondary N) is 1. The Kier molecular flexibility index (Phi) is 6.85. The van der Waals surface area contributed by atoms with E-state index >= 15 is 0 Å². The number of amides is 2. The highest BCUT2D eigenvalue weighted by atomic mass is 16.5. The molecule has 7 heteroatoms. The molecule has 5 aliphatic carbocycles. The van der Waals surface area contributed by atoms with E-state index in [1.54, 1.807) is 6.08 Å². The molecule has 1 aromatic carbocycles. The predicted octanol–water partition coefficient (Wildman–Crippen LogP) is 3.32. The number of carbonyl (C=O) groups is 2. The standard InChI is InChI=1S/C31H40N2O5/c1-2-3-8-26(35)33(18-31-15-19-11-20(16-31)13-21(12-19)17-31)24-14-23(30(37)32-9-10-34)27-22-6-4-5-7-25(22)38-29(27)28(24)36/h2,4-7,14,19-21,24,27-29,34,36H,1,3,8-13,15-18H2,(H,32,37)/t19?,20?,21?,24-,27+,28+,29+,31?/m1/s1. The minimum absolute atomic E-state index is 0.00924. The minimum Gasteiger partial charge on any atom is -0.486 e. The average molecular weight is 521 g/mol. The molecule has 4 fully saturated rings. The SMILES string of the molecule is C=CCCC(=O)N(CC12CC3CC(CC(C3)C1)C2)[C@@H]1C=C(C(=O)NCCO)[C@@H]2c3ccccc3O[C@@H]2[C@H]1O. The molecule has 3 N–H and O–H groups in total. The molecule has 6 aliphatic rings. The highest BCUT2D eigenvalue weighted by Gasteiger charge is 2.54. The molecule has 0 radical (unpaired) electrons. The molecule has 1 aliphatic heterocycles. The zero-order chi connectivity index (χ0) is 26.4. The highest BCUT2D eigenvalue weighted by molar-refractivity contribution is 5.96. The number of para-hydroxylation sites is 1. The number of fused-ring (bicyclic) bond motifs is 3. The van der Waals surface area contributed by atoms with Crippen molar-refractivity contribution in [3.63, 3.8) is 0 Å². The van der Waals surface area contributed by atoms with Gasteiger partial charge in [0.25, 0.3) is 0 Å². The van der Waals surface area contributed by atoms with Crippen molar-refractivity contribution in [1.82, 2.24) is 10.2 Å². The Balaban J connectivity index is 1.37. The summed E-state index contributed by atoms with van der Waals surface area (Å²) in [6.45, 7) is 4.39. The molecular formula is C31H40N2O5. The predicted molar refractivity (Wildman–Crippen MR) is 143 cm³/mol. The van der Waals surface area contributed by atoms with Crippen molar-refractivity contribution in [3.05, 3.63) is 54.1 Å². The van der Waals surface area contributed by atoms with E-state index in [1.165, 1.54) is 19.3 Å². The summed E-state index contributed by atoms with van der Waals surface area (Å²) in [5.74, 6) is 2.17. The fourth-order valence-electron chi connectivity index (χ4n) is 8.77. The second-order valence-corrected chi connectivity index (χ2v) is 12.4. The number of benzene rings is 1. The molecule has 4 bridgehead atoms. The van der Waals surface area contributed by atoms with Crippen LogP contribution in [0.4, 0.5) is 0 Å². The van der Waals surface area contributed by atoms with Crippen LogP contribution in [0.5, 0.6) is 5.75 Å². The van der Waals surface area contributed by atoms with Crippen LogP contribution >= 0.6 is 0 Å². The third-order valence-electron chi connectivity index (χ3n) is 9.79. The Hall–Kier alpha value is -2.64. The minimum atomic E-state index is -0.969. The Morgan fingerprint density at radius 3 is 2.47 bits per heavy atom. The number of hydrogen-bond acceptors (Lipinski definition) is 5. The van der Waals surface area contributed by atoms with E-state index in [0.29, 0.717) is 30.7 Å². The van der Waals surface area contributed by atoms with Crippen LogP contribution in [0.2, 0.25) is 0 Å². The largest absolute Gasteiger partial charge is 0.486 e. The van der Waals surface area contributed by atoms with Crippen molar-refractivity contribution in [2.45, 2.75) is 75.5 Å². The van der Waals surface area contributed by atoms with E-state index in [2.05, 4.69) is 11.9 Å². The first-order valence-corrected chi connectivity index (χ1v) is 14.4. The molecule has 7 rings (SSSR count). The summed E-state index contributed by atoms with van der Waals surface area (Å²) >= 11 is 0. The lowest BCUT2D eigenvalue weighted by atomic mass is 9.49. The van der Waals surface area contributed by atoms with Gasteiger partial charge in [-0.3, -0.25) is 9.59 Å². The second-order valence-electron chi connectivity index (χ2n) is 12.4. The van der Waals surface area contributed by atoms with E-state index < -0.39 is 24.2 Å². The van der Waals surface area contributed by atoms with Crippen LogP contribution in [0, 0.1) is 23.2 Å². The van der Waals surface area contributed by atoms with E-state index in [1.807, 2.05) is 35.2 Å². The van der Waals surface area contributed by atoms with Crippen molar-refractivity contribution < 1.29 is 24.5 Å². The van der Waals surface area contributed by atoms with Gasteiger partial charge in [-0.2, -0.15) is 0 Å². The van der Waals surface area contributed by atoms with Gasteiger partial charge >= 0.3 is 0 Å². The molecule has 1 aromatic rings. The average Bonchev–Trinajstić information content (AvgIpc) is 3.29. The van der Waals surface area contributed by atoms with Gasteiger partial charge in [0.05, 0.1) is 18.6 Å². The van der Waals surface area contributed by atoms with E-state index in [-0.39, 0.29) is 30.4 Å². The number of nitrogens with zero attached hydrogens (tertiary/aromatic N) is 1. The molecular weight excluding hydrogens is 480 g/mol. The van der Waals surface area contributed by atoms with Crippen molar-refractivity contribution >= 4 is 11.8 Å². The summed E-state index contributed by atoms with van der Waals surface area (Å²) in [5, 5.41) is 23.9. The van der Waals surface area contributed by atoms with E-state index in [4.69, 9.17) is 4.74 Å². The number of ether oxygens (including phenoxy) is 1. The Labute approximate surface area is 224 Å². The zero-order valence-corrected chi connectivity index (χ0v) is 22.1.